The van der Waals surface area contributed by atoms with E-state index in [-0.39, 0.29) is 11.5 Å². The smallest absolute Gasteiger partial charge is 0.355 e. The predicted molar refractivity (Wildman–Crippen MR) is 83.5 cm³/mol. The maximum Gasteiger partial charge on any atom is 0.355 e. The molecule has 0 aromatic carbocycles. The largest absolute Gasteiger partial charge is 0.461 e. The van der Waals surface area contributed by atoms with Crippen molar-refractivity contribution in [3.8, 4) is 0 Å². The molecule has 2 heterocycles. The van der Waals surface area contributed by atoms with Gasteiger partial charge in [0.15, 0.2) is 0 Å². The van der Waals surface area contributed by atoms with Crippen LogP contribution in [0.3, 0.4) is 0 Å². The number of ether oxygens (including phenoxy) is 1. The summed E-state index contributed by atoms with van der Waals surface area (Å²) in [5, 5.41) is 0. The molecule has 0 radical (unpaired) electrons. The van der Waals surface area contributed by atoms with E-state index in [1.54, 1.807) is 32.4 Å². The zero-order chi connectivity index (χ0) is 16.5. The number of hydrogen-bond donors (Lipinski definition) is 0. The fourth-order valence-corrected chi connectivity index (χ4v) is 5.05. The second kappa shape index (κ2) is 6.42. The van der Waals surface area contributed by atoms with Crippen molar-refractivity contribution in [3.05, 3.63) is 17.0 Å². The molecule has 0 saturated carbocycles. The van der Waals surface area contributed by atoms with Crippen molar-refractivity contribution in [1.29, 1.82) is 0 Å². The van der Waals surface area contributed by atoms with Crippen molar-refractivity contribution in [2.24, 2.45) is 7.05 Å². The minimum Gasteiger partial charge on any atom is -0.461 e. The lowest BCUT2D eigenvalue weighted by atomic mass is 10.2. The van der Waals surface area contributed by atoms with E-state index in [2.05, 4.69) is 0 Å². The molecular formula is C15H24N2O4S. The third kappa shape index (κ3) is 2.79. The van der Waals surface area contributed by atoms with Crippen LogP contribution in [0.25, 0.3) is 0 Å². The Labute approximate surface area is 132 Å². The normalized spacial score (nSPS) is 16.7. The van der Waals surface area contributed by atoms with Gasteiger partial charge in [-0.3, -0.25) is 0 Å². The molecule has 2 rings (SSSR count). The molecule has 6 nitrogen and oxygen atoms in total. The Morgan fingerprint density at radius 3 is 2.32 bits per heavy atom. The molecule has 0 unspecified atom stereocenters. The summed E-state index contributed by atoms with van der Waals surface area (Å²) in [5.74, 6) is -0.481. The molecule has 1 aromatic rings. The van der Waals surface area contributed by atoms with Crippen LogP contribution in [-0.4, -0.2) is 43.0 Å². The number of carbonyl (C=O) groups excluding carboxylic acids is 1. The highest BCUT2D eigenvalue weighted by Gasteiger charge is 2.34. The second-order valence-corrected chi connectivity index (χ2v) is 7.51. The first-order valence-electron chi connectivity index (χ1n) is 7.65. The SMILES string of the molecule is CCOC(=O)c1c(C)c(S(=O)(=O)N2CCCCC2)c(C)n1C. The molecule has 7 heteroatoms. The molecule has 1 fully saturated rings. The van der Waals surface area contributed by atoms with Crippen LogP contribution in [0.15, 0.2) is 4.90 Å². The van der Waals surface area contributed by atoms with Gasteiger partial charge in [0.05, 0.1) is 6.61 Å². The molecule has 0 bridgehead atoms. The number of nitrogens with zero attached hydrogens (tertiary/aromatic N) is 2. The topological polar surface area (TPSA) is 68.6 Å². The number of carbonyl (C=O) groups is 1. The van der Waals surface area contributed by atoms with E-state index in [4.69, 9.17) is 4.74 Å². The molecule has 124 valence electrons. The Balaban J connectivity index is 2.52. The minimum atomic E-state index is -3.57. The Hall–Kier alpha value is -1.34. The van der Waals surface area contributed by atoms with Crippen LogP contribution in [-0.2, 0) is 21.8 Å². The first kappa shape index (κ1) is 17.0. The van der Waals surface area contributed by atoms with Gasteiger partial charge >= 0.3 is 5.97 Å². The third-order valence-electron chi connectivity index (χ3n) is 4.24. The summed E-state index contributed by atoms with van der Waals surface area (Å²) in [7, 11) is -1.87. The summed E-state index contributed by atoms with van der Waals surface area (Å²) in [6.07, 6.45) is 2.83. The number of hydrogen-bond acceptors (Lipinski definition) is 4. The van der Waals surface area contributed by atoms with Gasteiger partial charge in [-0.1, -0.05) is 6.42 Å². The number of sulfonamides is 1. The van der Waals surface area contributed by atoms with Crippen molar-refractivity contribution >= 4 is 16.0 Å². The quantitative estimate of drug-likeness (QED) is 0.793. The van der Waals surface area contributed by atoms with Crippen LogP contribution >= 0.6 is 0 Å². The van der Waals surface area contributed by atoms with Gasteiger partial charge in [-0.15, -0.1) is 0 Å². The standard InChI is InChI=1S/C15H24N2O4S/c1-5-21-15(18)13-11(2)14(12(3)16(13)4)22(19,20)17-9-7-6-8-10-17/h5-10H2,1-4H3. The monoisotopic (exact) mass is 328 g/mol. The number of rotatable bonds is 4. The molecule has 0 spiro atoms. The summed E-state index contributed by atoms with van der Waals surface area (Å²) in [6.45, 7) is 6.49. The van der Waals surface area contributed by atoms with E-state index >= 15 is 0 Å². The highest BCUT2D eigenvalue weighted by molar-refractivity contribution is 7.89. The summed E-state index contributed by atoms with van der Waals surface area (Å²) >= 11 is 0. The fourth-order valence-electron chi connectivity index (χ4n) is 3.05. The van der Waals surface area contributed by atoms with Crippen molar-refractivity contribution < 1.29 is 17.9 Å². The number of aromatic nitrogens is 1. The lowest BCUT2D eigenvalue weighted by Gasteiger charge is -2.26. The molecule has 0 atom stereocenters. The van der Waals surface area contributed by atoms with Gasteiger partial charge in [0.2, 0.25) is 10.0 Å². The predicted octanol–water partition coefficient (Wildman–Crippen LogP) is 1.99. The molecular weight excluding hydrogens is 304 g/mol. The average Bonchev–Trinajstić information content (AvgIpc) is 2.70. The van der Waals surface area contributed by atoms with Crippen LogP contribution in [0.5, 0.6) is 0 Å². The zero-order valence-electron chi connectivity index (χ0n) is 13.7. The number of esters is 1. The van der Waals surface area contributed by atoms with Crippen molar-refractivity contribution in [1.82, 2.24) is 8.87 Å². The van der Waals surface area contributed by atoms with Gasteiger partial charge in [0.1, 0.15) is 10.6 Å². The maximum atomic E-state index is 12.9. The summed E-state index contributed by atoms with van der Waals surface area (Å²) in [5.41, 5.74) is 1.37. The van der Waals surface area contributed by atoms with Gasteiger partial charge in [-0.05, 0) is 33.6 Å². The van der Waals surface area contributed by atoms with E-state index in [9.17, 15) is 13.2 Å². The summed E-state index contributed by atoms with van der Waals surface area (Å²) < 4.78 is 34.1. The lowest BCUT2D eigenvalue weighted by Crippen LogP contribution is -2.36. The van der Waals surface area contributed by atoms with Gasteiger partial charge in [-0.25, -0.2) is 13.2 Å². The Morgan fingerprint density at radius 2 is 1.77 bits per heavy atom. The highest BCUT2D eigenvalue weighted by Crippen LogP contribution is 2.30. The van der Waals surface area contributed by atoms with Crippen LogP contribution in [0.2, 0.25) is 0 Å². The van der Waals surface area contributed by atoms with Crippen LogP contribution in [0, 0.1) is 13.8 Å². The first-order valence-corrected chi connectivity index (χ1v) is 9.09. The van der Waals surface area contributed by atoms with Crippen LogP contribution in [0.4, 0.5) is 0 Å². The van der Waals surface area contributed by atoms with E-state index < -0.39 is 16.0 Å². The minimum absolute atomic E-state index is 0.250. The first-order chi connectivity index (χ1) is 10.3. The fraction of sp³-hybridized carbons (Fsp3) is 0.667. The maximum absolute atomic E-state index is 12.9. The summed E-state index contributed by atoms with van der Waals surface area (Å²) in [4.78, 5) is 12.4. The molecule has 1 aliphatic rings. The second-order valence-electron chi connectivity index (χ2n) is 5.63. The highest BCUT2D eigenvalue weighted by atomic mass is 32.2. The van der Waals surface area contributed by atoms with Crippen molar-refractivity contribution in [2.45, 2.75) is 44.9 Å². The third-order valence-corrected chi connectivity index (χ3v) is 6.41. The van der Waals surface area contributed by atoms with Gasteiger partial charge in [0, 0.05) is 31.4 Å². The zero-order valence-corrected chi connectivity index (χ0v) is 14.5. The molecule has 0 amide bonds. The molecule has 1 aliphatic heterocycles. The van der Waals surface area contributed by atoms with Crippen LogP contribution in [0.1, 0.15) is 47.9 Å². The number of piperidine rings is 1. The van der Waals surface area contributed by atoms with Gasteiger partial charge in [-0.2, -0.15) is 4.31 Å². The van der Waals surface area contributed by atoms with Crippen molar-refractivity contribution in [3.63, 3.8) is 0 Å². The van der Waals surface area contributed by atoms with E-state index in [1.165, 1.54) is 4.31 Å². The lowest BCUT2D eigenvalue weighted by molar-refractivity contribution is 0.0514. The summed E-state index contributed by atoms with van der Waals surface area (Å²) in [6, 6.07) is 0. The molecule has 1 saturated heterocycles. The Morgan fingerprint density at radius 1 is 1.18 bits per heavy atom. The molecule has 0 aliphatic carbocycles. The molecule has 22 heavy (non-hydrogen) atoms. The van der Waals surface area contributed by atoms with Gasteiger partial charge < -0.3 is 9.30 Å². The van der Waals surface area contributed by atoms with Crippen molar-refractivity contribution in [2.75, 3.05) is 19.7 Å². The molecule has 1 aromatic heterocycles. The van der Waals surface area contributed by atoms with E-state index in [0.29, 0.717) is 30.0 Å². The Kier molecular flexibility index (Phi) is 4.97. The average molecular weight is 328 g/mol. The van der Waals surface area contributed by atoms with Gasteiger partial charge in [0.25, 0.3) is 0 Å². The van der Waals surface area contributed by atoms with Crippen LogP contribution < -0.4 is 0 Å². The molecule has 0 N–H and O–H groups in total. The van der Waals surface area contributed by atoms with E-state index in [1.807, 2.05) is 0 Å². The Bertz CT molecular complexity index is 670. The van der Waals surface area contributed by atoms with E-state index in [0.717, 1.165) is 19.3 Å².